The molecule has 1 amide bonds. The van der Waals surface area contributed by atoms with Crippen LogP contribution in [0.2, 0.25) is 0 Å². The predicted molar refractivity (Wildman–Crippen MR) is 75.2 cm³/mol. The van der Waals surface area contributed by atoms with Gasteiger partial charge >= 0.3 is 5.97 Å². The highest BCUT2D eigenvalue weighted by atomic mass is 19.1. The van der Waals surface area contributed by atoms with E-state index < -0.39 is 24.2 Å². The smallest absolute Gasteiger partial charge is 0.323 e. The number of aliphatic carboxylic acids is 1. The third-order valence-electron chi connectivity index (χ3n) is 2.93. The lowest BCUT2D eigenvalue weighted by Gasteiger charge is -2.21. The van der Waals surface area contributed by atoms with Crippen LogP contribution in [0.3, 0.4) is 0 Å². The number of hydrogen-bond donors (Lipinski definition) is 1. The Morgan fingerprint density at radius 1 is 1.00 bits per heavy atom. The monoisotopic (exact) mass is 287 g/mol. The molecule has 0 aromatic heterocycles. The molecule has 0 fully saturated rings. The first-order valence-electron chi connectivity index (χ1n) is 6.37. The third-order valence-corrected chi connectivity index (χ3v) is 2.93. The molecule has 0 saturated heterocycles. The number of carbonyl (C=O) groups excluding carboxylic acids is 1. The summed E-state index contributed by atoms with van der Waals surface area (Å²) in [5, 5.41) is 8.94. The summed E-state index contributed by atoms with van der Waals surface area (Å²) < 4.78 is 13.7. The molecule has 0 aliphatic rings. The van der Waals surface area contributed by atoms with Gasteiger partial charge in [-0.1, -0.05) is 42.5 Å². The topological polar surface area (TPSA) is 57.6 Å². The maximum Gasteiger partial charge on any atom is 0.323 e. The van der Waals surface area contributed by atoms with Gasteiger partial charge < -0.3 is 10.0 Å². The van der Waals surface area contributed by atoms with Crippen LogP contribution in [0.5, 0.6) is 0 Å². The van der Waals surface area contributed by atoms with Crippen molar-refractivity contribution in [2.45, 2.75) is 6.54 Å². The summed E-state index contributed by atoms with van der Waals surface area (Å²) in [7, 11) is 0. The van der Waals surface area contributed by atoms with Gasteiger partial charge in [0.25, 0.3) is 5.91 Å². The number of carbonyl (C=O) groups is 2. The first kappa shape index (κ1) is 14.7. The number of carboxylic acid groups (broad SMARTS) is 1. The van der Waals surface area contributed by atoms with Crippen LogP contribution >= 0.6 is 0 Å². The van der Waals surface area contributed by atoms with Crippen LogP contribution in [0.4, 0.5) is 4.39 Å². The van der Waals surface area contributed by atoms with Gasteiger partial charge in [0.15, 0.2) is 0 Å². The fraction of sp³-hybridized carbons (Fsp3) is 0.125. The summed E-state index contributed by atoms with van der Waals surface area (Å²) in [6.45, 7) is -0.373. The lowest BCUT2D eigenvalue weighted by molar-refractivity contribution is -0.137. The van der Waals surface area contributed by atoms with Crippen LogP contribution in [-0.4, -0.2) is 28.4 Å². The molecule has 0 spiro atoms. The zero-order valence-corrected chi connectivity index (χ0v) is 11.2. The molecule has 0 saturated carbocycles. The average Bonchev–Trinajstić information content (AvgIpc) is 2.47. The molecule has 4 nitrogen and oxygen atoms in total. The van der Waals surface area contributed by atoms with Gasteiger partial charge in [-0.3, -0.25) is 9.59 Å². The normalized spacial score (nSPS) is 10.1. The SMILES string of the molecule is O=C(O)CN(Cc1ccccc1)C(=O)c1ccccc1F. The van der Waals surface area contributed by atoms with Gasteiger partial charge in [0.1, 0.15) is 12.4 Å². The number of rotatable bonds is 5. The molecule has 2 rings (SSSR count). The Morgan fingerprint density at radius 2 is 1.62 bits per heavy atom. The van der Waals surface area contributed by atoms with Gasteiger partial charge in [0, 0.05) is 6.54 Å². The summed E-state index contributed by atoms with van der Waals surface area (Å²) >= 11 is 0. The molecule has 5 heteroatoms. The highest BCUT2D eigenvalue weighted by molar-refractivity contribution is 5.96. The Bertz CT molecular complexity index is 643. The fourth-order valence-electron chi connectivity index (χ4n) is 1.97. The molecule has 21 heavy (non-hydrogen) atoms. The Hall–Kier alpha value is -2.69. The van der Waals surface area contributed by atoms with Crippen molar-refractivity contribution in [3.05, 3.63) is 71.5 Å². The molecule has 0 aliphatic carbocycles. The standard InChI is InChI=1S/C16H14FNO3/c17-14-9-5-4-8-13(14)16(21)18(11-15(19)20)10-12-6-2-1-3-7-12/h1-9H,10-11H2,(H,19,20). The van der Waals surface area contributed by atoms with E-state index in [1.807, 2.05) is 6.07 Å². The Morgan fingerprint density at radius 3 is 2.24 bits per heavy atom. The zero-order valence-electron chi connectivity index (χ0n) is 11.2. The first-order valence-corrected chi connectivity index (χ1v) is 6.37. The van der Waals surface area contributed by atoms with E-state index in [0.29, 0.717) is 0 Å². The minimum Gasteiger partial charge on any atom is -0.480 e. The van der Waals surface area contributed by atoms with Gasteiger partial charge in [-0.2, -0.15) is 0 Å². The van der Waals surface area contributed by atoms with Gasteiger partial charge in [-0.05, 0) is 17.7 Å². The molecule has 0 aliphatic heterocycles. The molecule has 0 atom stereocenters. The quantitative estimate of drug-likeness (QED) is 0.919. The highest BCUT2D eigenvalue weighted by Crippen LogP contribution is 2.13. The van der Waals surface area contributed by atoms with E-state index in [4.69, 9.17) is 5.11 Å². The number of halogens is 1. The summed E-state index contributed by atoms with van der Waals surface area (Å²) in [5.41, 5.74) is 0.651. The maximum absolute atomic E-state index is 13.7. The van der Waals surface area contributed by atoms with Gasteiger partial charge in [-0.15, -0.1) is 0 Å². The zero-order chi connectivity index (χ0) is 15.2. The van der Waals surface area contributed by atoms with E-state index >= 15 is 0 Å². The summed E-state index contributed by atoms with van der Waals surface area (Å²) in [4.78, 5) is 24.4. The van der Waals surface area contributed by atoms with E-state index in [2.05, 4.69) is 0 Å². The molecule has 0 radical (unpaired) electrons. The van der Waals surface area contributed by atoms with Gasteiger partial charge in [0.05, 0.1) is 5.56 Å². The molecule has 2 aromatic rings. The van der Waals surface area contributed by atoms with E-state index in [9.17, 15) is 14.0 Å². The Balaban J connectivity index is 2.25. The largest absolute Gasteiger partial charge is 0.480 e. The Kier molecular flexibility index (Phi) is 4.66. The maximum atomic E-state index is 13.7. The second-order valence-electron chi connectivity index (χ2n) is 4.52. The molecule has 0 heterocycles. The van der Waals surface area contributed by atoms with Crippen molar-refractivity contribution in [1.29, 1.82) is 0 Å². The molecule has 2 aromatic carbocycles. The van der Waals surface area contributed by atoms with Crippen LogP contribution in [0.1, 0.15) is 15.9 Å². The van der Waals surface area contributed by atoms with Crippen LogP contribution in [0, 0.1) is 5.82 Å². The molecule has 108 valence electrons. The van der Waals surface area contributed by atoms with E-state index in [1.54, 1.807) is 24.3 Å². The van der Waals surface area contributed by atoms with Crippen LogP contribution < -0.4 is 0 Å². The first-order chi connectivity index (χ1) is 10.1. The number of hydrogen-bond acceptors (Lipinski definition) is 2. The lowest BCUT2D eigenvalue weighted by atomic mass is 10.1. The van der Waals surface area contributed by atoms with Crippen LogP contribution in [0.25, 0.3) is 0 Å². The number of amides is 1. The Labute approximate surface area is 121 Å². The second-order valence-corrected chi connectivity index (χ2v) is 4.52. The molecular weight excluding hydrogens is 273 g/mol. The van der Waals surface area contributed by atoms with E-state index in [0.717, 1.165) is 10.5 Å². The summed E-state index contributed by atoms with van der Waals surface area (Å²) in [6.07, 6.45) is 0. The summed E-state index contributed by atoms with van der Waals surface area (Å²) in [5.74, 6) is -2.44. The van der Waals surface area contributed by atoms with Crippen molar-refractivity contribution < 1.29 is 19.1 Å². The van der Waals surface area contributed by atoms with Gasteiger partial charge in [-0.25, -0.2) is 4.39 Å². The van der Waals surface area contributed by atoms with Crippen molar-refractivity contribution in [3.63, 3.8) is 0 Å². The van der Waals surface area contributed by atoms with E-state index in [1.165, 1.54) is 24.3 Å². The van der Waals surface area contributed by atoms with Crippen molar-refractivity contribution in [2.75, 3.05) is 6.54 Å². The lowest BCUT2D eigenvalue weighted by Crippen LogP contribution is -2.35. The fourth-order valence-corrected chi connectivity index (χ4v) is 1.97. The molecule has 1 N–H and O–H groups in total. The van der Waals surface area contributed by atoms with Crippen molar-refractivity contribution in [2.24, 2.45) is 0 Å². The van der Waals surface area contributed by atoms with Crippen molar-refractivity contribution >= 4 is 11.9 Å². The highest BCUT2D eigenvalue weighted by Gasteiger charge is 2.21. The third kappa shape index (κ3) is 3.89. The second kappa shape index (κ2) is 6.65. The van der Waals surface area contributed by atoms with Crippen molar-refractivity contribution in [3.8, 4) is 0 Å². The molecule has 0 unspecified atom stereocenters. The number of carboxylic acids is 1. The number of nitrogens with zero attached hydrogens (tertiary/aromatic N) is 1. The van der Waals surface area contributed by atoms with Crippen LogP contribution in [-0.2, 0) is 11.3 Å². The number of benzene rings is 2. The van der Waals surface area contributed by atoms with Crippen LogP contribution in [0.15, 0.2) is 54.6 Å². The minimum absolute atomic E-state index is 0.111. The summed E-state index contributed by atoms with van der Waals surface area (Å²) in [6, 6.07) is 14.5. The predicted octanol–water partition coefficient (Wildman–Crippen LogP) is 2.55. The minimum atomic E-state index is -1.14. The molecular formula is C16H14FNO3. The van der Waals surface area contributed by atoms with Gasteiger partial charge in [0.2, 0.25) is 0 Å². The molecule has 0 bridgehead atoms. The average molecular weight is 287 g/mol. The van der Waals surface area contributed by atoms with Crippen molar-refractivity contribution in [1.82, 2.24) is 4.90 Å². The van der Waals surface area contributed by atoms with E-state index in [-0.39, 0.29) is 12.1 Å².